The molecule has 7 nitrogen and oxygen atoms in total. The predicted octanol–water partition coefficient (Wildman–Crippen LogP) is 1.88. The van der Waals surface area contributed by atoms with Gasteiger partial charge in [-0.1, -0.05) is 38.0 Å². The molecule has 0 radical (unpaired) electrons. The number of rotatable bonds is 10. The van der Waals surface area contributed by atoms with Gasteiger partial charge < -0.3 is 15.4 Å². The van der Waals surface area contributed by atoms with Crippen LogP contribution in [0.1, 0.15) is 31.7 Å². The standard InChI is InChI=1S/C18H24N2O5S/c1-2-3-6-9-26(24,25)12-17(21)20-16(18(22)23)10-13-11-19-15-8-5-4-7-14(13)15/h4-5,7-8,11,16,19H,2-3,6,9-10,12H2,1H3,(H,20,21)(H,22,23). The molecular weight excluding hydrogens is 356 g/mol. The van der Waals surface area contributed by atoms with Gasteiger partial charge in [-0.2, -0.15) is 0 Å². The lowest BCUT2D eigenvalue weighted by molar-refractivity contribution is -0.141. The molecule has 0 saturated heterocycles. The largest absolute Gasteiger partial charge is 0.480 e. The van der Waals surface area contributed by atoms with Crippen LogP contribution >= 0.6 is 0 Å². The third-order valence-corrected chi connectivity index (χ3v) is 5.75. The van der Waals surface area contributed by atoms with Crippen molar-refractivity contribution in [1.29, 1.82) is 0 Å². The maximum absolute atomic E-state index is 12.0. The molecular formula is C18H24N2O5S. The fraction of sp³-hybridized carbons (Fsp3) is 0.444. The number of sulfone groups is 1. The molecule has 142 valence electrons. The first-order valence-corrected chi connectivity index (χ1v) is 10.4. The zero-order valence-corrected chi connectivity index (χ0v) is 15.5. The molecule has 1 amide bonds. The summed E-state index contributed by atoms with van der Waals surface area (Å²) in [6, 6.07) is 6.25. The molecule has 1 atom stereocenters. The Bertz CT molecular complexity index is 873. The highest BCUT2D eigenvalue weighted by atomic mass is 32.2. The van der Waals surface area contributed by atoms with Crippen molar-refractivity contribution in [1.82, 2.24) is 10.3 Å². The number of unbranched alkanes of at least 4 members (excludes halogenated alkanes) is 2. The van der Waals surface area contributed by atoms with Gasteiger partial charge in [-0.3, -0.25) is 4.79 Å². The molecule has 1 unspecified atom stereocenters. The summed E-state index contributed by atoms with van der Waals surface area (Å²) in [7, 11) is -3.53. The average Bonchev–Trinajstić information content (AvgIpc) is 2.97. The molecule has 0 spiro atoms. The molecule has 0 aliphatic rings. The van der Waals surface area contributed by atoms with Gasteiger partial charge in [0.25, 0.3) is 0 Å². The van der Waals surface area contributed by atoms with E-state index in [1.54, 1.807) is 6.20 Å². The number of aromatic amines is 1. The number of carboxylic acid groups (broad SMARTS) is 1. The molecule has 0 aliphatic carbocycles. The van der Waals surface area contributed by atoms with E-state index in [1.165, 1.54) is 0 Å². The van der Waals surface area contributed by atoms with Crippen LogP contribution in [-0.2, 0) is 25.8 Å². The van der Waals surface area contributed by atoms with Crippen molar-refractivity contribution in [3.63, 3.8) is 0 Å². The average molecular weight is 380 g/mol. The maximum atomic E-state index is 12.0. The smallest absolute Gasteiger partial charge is 0.326 e. The van der Waals surface area contributed by atoms with Crippen LogP contribution < -0.4 is 5.32 Å². The van der Waals surface area contributed by atoms with E-state index in [0.29, 0.717) is 6.42 Å². The molecule has 1 heterocycles. The van der Waals surface area contributed by atoms with E-state index >= 15 is 0 Å². The van der Waals surface area contributed by atoms with E-state index < -0.39 is 33.5 Å². The SMILES string of the molecule is CCCCCS(=O)(=O)CC(=O)NC(Cc1c[nH]c2ccccc12)C(=O)O. The lowest BCUT2D eigenvalue weighted by Gasteiger charge is -2.14. The molecule has 8 heteroatoms. The highest BCUT2D eigenvalue weighted by Crippen LogP contribution is 2.19. The third kappa shape index (κ3) is 5.59. The summed E-state index contributed by atoms with van der Waals surface area (Å²) in [4.78, 5) is 26.6. The number of hydrogen-bond acceptors (Lipinski definition) is 4. The van der Waals surface area contributed by atoms with Crippen LogP contribution in [0.3, 0.4) is 0 Å². The van der Waals surface area contributed by atoms with E-state index in [2.05, 4.69) is 10.3 Å². The van der Waals surface area contributed by atoms with E-state index in [4.69, 9.17) is 0 Å². The van der Waals surface area contributed by atoms with Crippen molar-refractivity contribution in [2.75, 3.05) is 11.5 Å². The fourth-order valence-electron chi connectivity index (χ4n) is 2.80. The number of H-pyrrole nitrogens is 1. The molecule has 26 heavy (non-hydrogen) atoms. The van der Waals surface area contributed by atoms with Crippen molar-refractivity contribution in [2.45, 2.75) is 38.6 Å². The molecule has 3 N–H and O–H groups in total. The first kappa shape index (κ1) is 20.0. The van der Waals surface area contributed by atoms with Crippen LogP contribution in [0.2, 0.25) is 0 Å². The fourth-order valence-corrected chi connectivity index (χ4v) is 4.07. The second-order valence-corrected chi connectivity index (χ2v) is 8.51. The molecule has 0 bridgehead atoms. The highest BCUT2D eigenvalue weighted by molar-refractivity contribution is 7.92. The summed E-state index contributed by atoms with van der Waals surface area (Å²) in [5.74, 6) is -2.73. The third-order valence-electron chi connectivity index (χ3n) is 4.14. The Kier molecular flexibility index (Phi) is 6.79. The molecule has 2 aromatic rings. The zero-order valence-electron chi connectivity index (χ0n) is 14.7. The van der Waals surface area contributed by atoms with Crippen molar-refractivity contribution < 1.29 is 23.1 Å². The van der Waals surface area contributed by atoms with Crippen LogP contribution in [-0.4, -0.2) is 47.9 Å². The molecule has 0 aliphatic heterocycles. The Morgan fingerprint density at radius 3 is 2.65 bits per heavy atom. The van der Waals surface area contributed by atoms with Gasteiger partial charge in [0.1, 0.15) is 11.8 Å². The Labute approximate surface area is 152 Å². The number of aliphatic carboxylic acids is 1. The van der Waals surface area contributed by atoms with Crippen LogP contribution in [0.15, 0.2) is 30.5 Å². The van der Waals surface area contributed by atoms with E-state index in [1.807, 2.05) is 31.2 Å². The van der Waals surface area contributed by atoms with Crippen molar-refractivity contribution >= 4 is 32.6 Å². The first-order chi connectivity index (χ1) is 12.3. The monoisotopic (exact) mass is 380 g/mol. The Hall–Kier alpha value is -2.35. The van der Waals surface area contributed by atoms with E-state index in [-0.39, 0.29) is 12.2 Å². The number of benzene rings is 1. The summed E-state index contributed by atoms with van der Waals surface area (Å²) in [6.07, 6.45) is 3.94. The zero-order chi connectivity index (χ0) is 19.2. The molecule has 2 rings (SSSR count). The Balaban J connectivity index is 2.01. The van der Waals surface area contributed by atoms with E-state index in [0.717, 1.165) is 29.3 Å². The highest BCUT2D eigenvalue weighted by Gasteiger charge is 2.24. The summed E-state index contributed by atoms with van der Waals surface area (Å²) >= 11 is 0. The van der Waals surface area contributed by atoms with Gasteiger partial charge in [-0.15, -0.1) is 0 Å². The lowest BCUT2D eigenvalue weighted by Crippen LogP contribution is -2.44. The summed E-state index contributed by atoms with van der Waals surface area (Å²) in [6.45, 7) is 1.96. The second-order valence-electron chi connectivity index (χ2n) is 6.32. The minimum Gasteiger partial charge on any atom is -0.480 e. The number of aromatic nitrogens is 1. The molecule has 1 aromatic carbocycles. The predicted molar refractivity (Wildman–Crippen MR) is 99.7 cm³/mol. The topological polar surface area (TPSA) is 116 Å². The number of amides is 1. The van der Waals surface area contributed by atoms with Crippen molar-refractivity contribution in [2.24, 2.45) is 0 Å². The number of hydrogen-bond donors (Lipinski definition) is 3. The summed E-state index contributed by atoms with van der Waals surface area (Å²) < 4.78 is 23.9. The number of carboxylic acids is 1. The number of fused-ring (bicyclic) bond motifs is 1. The number of carbonyl (C=O) groups is 2. The summed E-state index contributed by atoms with van der Waals surface area (Å²) in [5, 5.41) is 12.6. The van der Waals surface area contributed by atoms with Gasteiger partial charge in [0.15, 0.2) is 9.84 Å². The van der Waals surface area contributed by atoms with Gasteiger partial charge in [0.05, 0.1) is 5.75 Å². The second kappa shape index (κ2) is 8.84. The minimum absolute atomic E-state index is 0.0611. The summed E-state index contributed by atoms with van der Waals surface area (Å²) in [5.41, 5.74) is 1.62. The van der Waals surface area contributed by atoms with Crippen LogP contribution in [0, 0.1) is 0 Å². The van der Waals surface area contributed by atoms with Crippen molar-refractivity contribution in [3.8, 4) is 0 Å². The van der Waals surface area contributed by atoms with Gasteiger partial charge in [-0.05, 0) is 18.1 Å². The van der Waals surface area contributed by atoms with Gasteiger partial charge in [0.2, 0.25) is 5.91 Å². The lowest BCUT2D eigenvalue weighted by atomic mass is 10.1. The number of para-hydroxylation sites is 1. The van der Waals surface area contributed by atoms with Crippen LogP contribution in [0.25, 0.3) is 10.9 Å². The van der Waals surface area contributed by atoms with Gasteiger partial charge in [0, 0.05) is 23.5 Å². The van der Waals surface area contributed by atoms with E-state index in [9.17, 15) is 23.1 Å². The van der Waals surface area contributed by atoms with Crippen molar-refractivity contribution in [3.05, 3.63) is 36.0 Å². The molecule has 0 fully saturated rings. The minimum atomic E-state index is -3.53. The number of nitrogens with one attached hydrogen (secondary N) is 2. The Morgan fingerprint density at radius 2 is 1.96 bits per heavy atom. The molecule has 0 saturated carbocycles. The van der Waals surface area contributed by atoms with Crippen LogP contribution in [0.5, 0.6) is 0 Å². The van der Waals surface area contributed by atoms with Gasteiger partial charge in [-0.25, -0.2) is 13.2 Å². The quantitative estimate of drug-likeness (QED) is 0.544. The Morgan fingerprint density at radius 1 is 1.23 bits per heavy atom. The maximum Gasteiger partial charge on any atom is 0.326 e. The molecule has 1 aromatic heterocycles. The van der Waals surface area contributed by atoms with Gasteiger partial charge >= 0.3 is 5.97 Å². The first-order valence-electron chi connectivity index (χ1n) is 8.60. The van der Waals surface area contributed by atoms with Crippen LogP contribution in [0.4, 0.5) is 0 Å². The normalized spacial score (nSPS) is 12.8. The number of carbonyl (C=O) groups excluding carboxylic acids is 1.